The highest BCUT2D eigenvalue weighted by Crippen LogP contribution is 2.22. The summed E-state index contributed by atoms with van der Waals surface area (Å²) < 4.78 is 34.9. The molecule has 11 heteroatoms. The summed E-state index contributed by atoms with van der Waals surface area (Å²) in [5, 5.41) is 1.88. The molecule has 4 rings (SSSR count). The minimum Gasteiger partial charge on any atom is -0.378 e. The van der Waals surface area contributed by atoms with E-state index in [9.17, 15) is 18.0 Å². The number of thiophene rings is 1. The van der Waals surface area contributed by atoms with Crippen LogP contribution in [0, 0.1) is 0 Å². The van der Waals surface area contributed by atoms with Crippen molar-refractivity contribution in [1.82, 2.24) is 14.2 Å². The second-order valence-electron chi connectivity index (χ2n) is 6.48. The van der Waals surface area contributed by atoms with Gasteiger partial charge in [-0.15, -0.1) is 11.3 Å². The number of carbonyl (C=O) groups is 1. The smallest absolute Gasteiger partial charge is 0.308 e. The first-order valence-electron chi connectivity index (χ1n) is 8.95. The molecule has 1 amide bonds. The predicted molar refractivity (Wildman–Crippen MR) is 112 cm³/mol. The highest BCUT2D eigenvalue weighted by Gasteiger charge is 2.21. The van der Waals surface area contributed by atoms with Crippen molar-refractivity contribution < 1.29 is 17.9 Å². The minimum absolute atomic E-state index is 0.0679. The second-order valence-corrected chi connectivity index (χ2v) is 10.3. The van der Waals surface area contributed by atoms with Crippen LogP contribution in [0.15, 0.2) is 45.4 Å². The first-order chi connectivity index (χ1) is 13.9. The van der Waals surface area contributed by atoms with Crippen molar-refractivity contribution in [2.45, 2.75) is 18.0 Å². The molecule has 0 bridgehead atoms. The summed E-state index contributed by atoms with van der Waals surface area (Å²) in [6, 6.07) is 8.24. The molecule has 29 heavy (non-hydrogen) atoms. The van der Waals surface area contributed by atoms with Gasteiger partial charge in [0.1, 0.15) is 6.54 Å². The summed E-state index contributed by atoms with van der Waals surface area (Å²) in [4.78, 5) is 27.3. The largest absolute Gasteiger partial charge is 0.378 e. The van der Waals surface area contributed by atoms with Gasteiger partial charge >= 0.3 is 4.87 Å². The number of ether oxygens (including phenoxy) is 1. The van der Waals surface area contributed by atoms with Crippen LogP contribution < -0.4 is 9.60 Å². The molecular formula is C18H19N3O5S3. The van der Waals surface area contributed by atoms with Gasteiger partial charge in [0, 0.05) is 24.5 Å². The fraction of sp³-hybridized carbons (Fsp3) is 0.333. The summed E-state index contributed by atoms with van der Waals surface area (Å²) in [5.41, 5.74) is 0.554. The lowest BCUT2D eigenvalue weighted by Crippen LogP contribution is -2.43. The van der Waals surface area contributed by atoms with Crippen LogP contribution in [-0.2, 0) is 32.6 Å². The quantitative estimate of drug-likeness (QED) is 0.609. The molecule has 2 aromatic heterocycles. The molecule has 1 aliphatic rings. The average Bonchev–Trinajstić information content (AvgIpc) is 3.35. The topological polar surface area (TPSA) is 97.7 Å². The molecule has 154 valence electrons. The van der Waals surface area contributed by atoms with Gasteiger partial charge in [-0.05, 0) is 29.6 Å². The molecule has 3 heterocycles. The standard InChI is InChI=1S/C18H19N3O5S3/c22-17(20-5-7-26-8-6-20)12-21-15-4-3-14(10-16(15)28-18(21)23)29(24,25)19-11-13-2-1-9-27-13/h1-4,9-10,19H,5-8,11-12H2. The summed E-state index contributed by atoms with van der Waals surface area (Å²) in [6.07, 6.45) is 0. The number of nitrogens with zero attached hydrogens (tertiary/aromatic N) is 2. The zero-order valence-corrected chi connectivity index (χ0v) is 17.8. The number of hydrogen-bond acceptors (Lipinski definition) is 7. The van der Waals surface area contributed by atoms with Crippen LogP contribution in [-0.4, -0.2) is 50.1 Å². The van der Waals surface area contributed by atoms with E-state index in [4.69, 9.17) is 4.74 Å². The van der Waals surface area contributed by atoms with Crippen LogP contribution in [0.3, 0.4) is 0 Å². The number of aromatic nitrogens is 1. The number of benzene rings is 1. The third-order valence-electron chi connectivity index (χ3n) is 4.62. The first-order valence-corrected chi connectivity index (χ1v) is 12.1. The zero-order valence-electron chi connectivity index (χ0n) is 15.4. The maximum atomic E-state index is 12.6. The minimum atomic E-state index is -3.71. The number of morpholine rings is 1. The Balaban J connectivity index is 1.56. The van der Waals surface area contributed by atoms with Gasteiger partial charge in [0.05, 0.1) is 28.3 Å². The van der Waals surface area contributed by atoms with Crippen LogP contribution in [0.2, 0.25) is 0 Å². The second kappa shape index (κ2) is 8.36. The van der Waals surface area contributed by atoms with E-state index < -0.39 is 10.0 Å². The van der Waals surface area contributed by atoms with E-state index >= 15 is 0 Å². The van der Waals surface area contributed by atoms with Crippen molar-refractivity contribution in [3.05, 3.63) is 50.3 Å². The molecule has 1 aromatic carbocycles. The summed E-state index contributed by atoms with van der Waals surface area (Å²) in [7, 11) is -3.71. The van der Waals surface area contributed by atoms with E-state index in [2.05, 4.69) is 4.72 Å². The maximum absolute atomic E-state index is 12.6. The van der Waals surface area contributed by atoms with E-state index in [0.717, 1.165) is 16.2 Å². The third-order valence-corrected chi connectivity index (χ3v) is 7.84. The average molecular weight is 454 g/mol. The lowest BCUT2D eigenvalue weighted by atomic mass is 10.3. The summed E-state index contributed by atoms with van der Waals surface area (Å²) in [6.45, 7) is 2.14. The molecule has 0 radical (unpaired) electrons. The summed E-state index contributed by atoms with van der Waals surface area (Å²) in [5.74, 6) is -0.149. The van der Waals surface area contributed by atoms with Crippen molar-refractivity contribution in [3.63, 3.8) is 0 Å². The Labute approximate surface area is 175 Å². The molecule has 0 atom stereocenters. The molecule has 1 N–H and O–H groups in total. The van der Waals surface area contributed by atoms with Crippen molar-refractivity contribution >= 4 is 48.8 Å². The first kappa shape index (κ1) is 20.2. The van der Waals surface area contributed by atoms with Crippen molar-refractivity contribution in [2.24, 2.45) is 0 Å². The highest BCUT2D eigenvalue weighted by atomic mass is 32.2. The molecule has 0 unspecified atom stereocenters. The van der Waals surface area contributed by atoms with Crippen LogP contribution in [0.1, 0.15) is 4.88 Å². The van der Waals surface area contributed by atoms with Crippen LogP contribution >= 0.6 is 22.7 Å². The van der Waals surface area contributed by atoms with Gasteiger partial charge in [-0.2, -0.15) is 0 Å². The molecule has 0 aliphatic carbocycles. The number of fused-ring (bicyclic) bond motifs is 1. The van der Waals surface area contributed by atoms with Gasteiger partial charge in [-0.25, -0.2) is 13.1 Å². The molecule has 1 fully saturated rings. The van der Waals surface area contributed by atoms with E-state index in [0.29, 0.717) is 36.5 Å². The van der Waals surface area contributed by atoms with Gasteiger partial charge in [-0.3, -0.25) is 14.2 Å². The van der Waals surface area contributed by atoms with E-state index in [-0.39, 0.29) is 28.8 Å². The van der Waals surface area contributed by atoms with Gasteiger partial charge in [0.25, 0.3) is 0 Å². The van der Waals surface area contributed by atoms with E-state index in [1.165, 1.54) is 28.0 Å². The highest BCUT2D eigenvalue weighted by molar-refractivity contribution is 7.89. The zero-order chi connectivity index (χ0) is 20.4. The van der Waals surface area contributed by atoms with E-state index in [1.54, 1.807) is 11.0 Å². The van der Waals surface area contributed by atoms with Crippen molar-refractivity contribution in [2.75, 3.05) is 26.3 Å². The normalized spacial score (nSPS) is 15.1. The van der Waals surface area contributed by atoms with Crippen molar-refractivity contribution in [3.8, 4) is 0 Å². The van der Waals surface area contributed by atoms with Gasteiger partial charge in [0.2, 0.25) is 15.9 Å². The molecule has 3 aromatic rings. The number of thiazole rings is 1. The number of sulfonamides is 1. The number of hydrogen-bond donors (Lipinski definition) is 1. The van der Waals surface area contributed by atoms with E-state index in [1.807, 2.05) is 17.5 Å². The lowest BCUT2D eigenvalue weighted by molar-refractivity contribution is -0.135. The van der Waals surface area contributed by atoms with Crippen LogP contribution in [0.25, 0.3) is 10.2 Å². The molecule has 1 saturated heterocycles. The number of carbonyl (C=O) groups excluding carboxylic acids is 1. The van der Waals surface area contributed by atoms with Gasteiger partial charge < -0.3 is 9.64 Å². The molecular weight excluding hydrogens is 434 g/mol. The number of amides is 1. The Bertz CT molecular complexity index is 1180. The number of rotatable bonds is 6. The van der Waals surface area contributed by atoms with Crippen LogP contribution in [0.4, 0.5) is 0 Å². The van der Waals surface area contributed by atoms with Crippen molar-refractivity contribution in [1.29, 1.82) is 0 Å². The Morgan fingerprint density at radius 1 is 1.21 bits per heavy atom. The number of nitrogens with one attached hydrogen (secondary N) is 1. The fourth-order valence-electron chi connectivity index (χ4n) is 3.07. The van der Waals surface area contributed by atoms with Crippen LogP contribution in [0.5, 0.6) is 0 Å². The Hall–Kier alpha value is -2.05. The Morgan fingerprint density at radius 2 is 2.00 bits per heavy atom. The van der Waals surface area contributed by atoms with Gasteiger partial charge in [-0.1, -0.05) is 17.4 Å². The predicted octanol–water partition coefficient (Wildman–Crippen LogP) is 1.46. The third kappa shape index (κ3) is 4.43. The SMILES string of the molecule is O=C(Cn1c(=O)sc2cc(S(=O)(=O)NCc3cccs3)ccc21)N1CCOCC1. The molecule has 1 aliphatic heterocycles. The lowest BCUT2D eigenvalue weighted by Gasteiger charge is -2.26. The van der Waals surface area contributed by atoms with Gasteiger partial charge in [0.15, 0.2) is 0 Å². The Kier molecular flexibility index (Phi) is 5.83. The Morgan fingerprint density at radius 3 is 2.72 bits per heavy atom. The fourth-order valence-corrected chi connectivity index (χ4v) is 5.85. The monoisotopic (exact) mass is 453 g/mol. The molecule has 0 spiro atoms. The maximum Gasteiger partial charge on any atom is 0.308 e. The molecule has 0 saturated carbocycles. The molecule has 8 nitrogen and oxygen atoms in total. The summed E-state index contributed by atoms with van der Waals surface area (Å²) >= 11 is 2.41.